The third-order valence-electron chi connectivity index (χ3n) is 5.94. The Morgan fingerprint density at radius 1 is 1.22 bits per heavy atom. The number of carbonyl (C=O) groups excluding carboxylic acids is 1. The van der Waals surface area contributed by atoms with Crippen LogP contribution < -0.4 is 16.4 Å². The highest BCUT2D eigenvalue weighted by molar-refractivity contribution is 8.01. The highest BCUT2D eigenvalue weighted by atomic mass is 35.5. The van der Waals surface area contributed by atoms with Gasteiger partial charge in [-0.25, -0.2) is 4.98 Å². The number of aromatic nitrogens is 1. The van der Waals surface area contributed by atoms with Gasteiger partial charge in [-0.1, -0.05) is 53.2 Å². The highest BCUT2D eigenvalue weighted by Crippen LogP contribution is 2.29. The summed E-state index contributed by atoms with van der Waals surface area (Å²) in [5.41, 5.74) is 9.97. The van der Waals surface area contributed by atoms with Crippen LogP contribution in [0, 0.1) is 0 Å². The molecule has 2 heterocycles. The summed E-state index contributed by atoms with van der Waals surface area (Å²) in [6, 6.07) is 14.2. The van der Waals surface area contributed by atoms with Gasteiger partial charge in [0, 0.05) is 54.9 Å². The molecule has 1 unspecified atom stereocenters. The van der Waals surface area contributed by atoms with Crippen LogP contribution in [0.15, 0.2) is 52.2 Å². The standard InChI is InChI=1S/C26H31Cl2N5OS2/c1-17(29)13-30-21-4-2-3-19(12-21)24-15-35-26(32-24)36-16-25(34)31-20-7-9-33(10-8-20)14-18-5-6-22(27)23(28)11-18/h2-6,11-12,15,17,20,30H,7-10,13-14,16,29H2,1H3,(H,31,34). The van der Waals surface area contributed by atoms with Gasteiger partial charge in [0.05, 0.1) is 21.5 Å². The molecule has 4 rings (SSSR count). The number of rotatable bonds is 10. The Labute approximate surface area is 231 Å². The Kier molecular flexibility index (Phi) is 9.93. The average molecular weight is 565 g/mol. The van der Waals surface area contributed by atoms with E-state index in [4.69, 9.17) is 33.9 Å². The van der Waals surface area contributed by atoms with Gasteiger partial charge in [0.2, 0.25) is 5.91 Å². The van der Waals surface area contributed by atoms with Crippen molar-refractivity contribution in [2.24, 2.45) is 5.73 Å². The minimum absolute atomic E-state index is 0.0572. The molecule has 0 bridgehead atoms. The topological polar surface area (TPSA) is 83.3 Å². The number of thioether (sulfide) groups is 1. The van der Waals surface area contributed by atoms with Crippen LogP contribution in [0.1, 0.15) is 25.3 Å². The molecule has 192 valence electrons. The fraction of sp³-hybridized carbons (Fsp3) is 0.385. The zero-order valence-electron chi connectivity index (χ0n) is 20.2. The number of halogens is 2. The highest BCUT2D eigenvalue weighted by Gasteiger charge is 2.21. The molecular formula is C26H31Cl2N5OS2. The number of carbonyl (C=O) groups is 1. The van der Waals surface area contributed by atoms with E-state index in [1.54, 1.807) is 11.3 Å². The molecule has 1 aliphatic heterocycles. The molecule has 1 aliphatic rings. The Morgan fingerprint density at radius 3 is 2.78 bits per heavy atom. The van der Waals surface area contributed by atoms with Crippen LogP contribution in [0.4, 0.5) is 5.69 Å². The smallest absolute Gasteiger partial charge is 0.230 e. The first-order valence-corrected chi connectivity index (χ1v) is 14.6. The fourth-order valence-electron chi connectivity index (χ4n) is 4.05. The molecule has 1 atom stereocenters. The quantitative estimate of drug-likeness (QED) is 0.272. The first-order chi connectivity index (χ1) is 17.4. The summed E-state index contributed by atoms with van der Waals surface area (Å²) in [6.07, 6.45) is 1.87. The zero-order valence-corrected chi connectivity index (χ0v) is 23.3. The van der Waals surface area contributed by atoms with E-state index in [0.29, 0.717) is 22.3 Å². The lowest BCUT2D eigenvalue weighted by molar-refractivity contribution is -0.119. The van der Waals surface area contributed by atoms with Crippen molar-refractivity contribution in [2.45, 2.75) is 42.7 Å². The molecule has 1 amide bonds. The SMILES string of the molecule is CC(N)CNc1cccc(-c2csc(SCC(=O)NC3CCN(Cc4ccc(Cl)c(Cl)c4)CC3)n2)c1. The number of hydrogen-bond acceptors (Lipinski definition) is 7. The van der Waals surface area contributed by atoms with Gasteiger partial charge < -0.3 is 16.4 Å². The Hall–Kier alpha value is -1.81. The van der Waals surface area contributed by atoms with E-state index in [2.05, 4.69) is 21.6 Å². The molecular weight excluding hydrogens is 533 g/mol. The molecule has 4 N–H and O–H groups in total. The number of hydrogen-bond donors (Lipinski definition) is 3. The lowest BCUT2D eigenvalue weighted by Crippen LogP contribution is -2.44. The van der Waals surface area contributed by atoms with E-state index in [0.717, 1.165) is 59.3 Å². The normalized spacial score (nSPS) is 15.6. The van der Waals surface area contributed by atoms with Crippen LogP contribution in [-0.4, -0.2) is 53.3 Å². The van der Waals surface area contributed by atoms with Gasteiger partial charge in [0.15, 0.2) is 4.34 Å². The largest absolute Gasteiger partial charge is 0.383 e. The zero-order chi connectivity index (χ0) is 25.5. The van der Waals surface area contributed by atoms with Gasteiger partial charge in [-0.15, -0.1) is 11.3 Å². The van der Waals surface area contributed by atoms with Gasteiger partial charge in [-0.05, 0) is 49.6 Å². The average Bonchev–Trinajstić information content (AvgIpc) is 3.34. The van der Waals surface area contributed by atoms with Crippen LogP contribution in [0.25, 0.3) is 11.3 Å². The maximum absolute atomic E-state index is 12.6. The number of amides is 1. The van der Waals surface area contributed by atoms with Crippen LogP contribution in [0.3, 0.4) is 0 Å². The number of thiazole rings is 1. The lowest BCUT2D eigenvalue weighted by atomic mass is 10.0. The molecule has 1 fully saturated rings. The first kappa shape index (κ1) is 27.2. The third kappa shape index (κ3) is 8.10. The summed E-state index contributed by atoms with van der Waals surface area (Å²) in [5, 5.41) is 9.73. The maximum Gasteiger partial charge on any atom is 0.230 e. The summed E-state index contributed by atoms with van der Waals surface area (Å²) in [4.78, 5) is 19.7. The number of nitrogens with one attached hydrogen (secondary N) is 2. The lowest BCUT2D eigenvalue weighted by Gasteiger charge is -2.32. The van der Waals surface area contributed by atoms with Crippen molar-refractivity contribution >= 4 is 57.9 Å². The van der Waals surface area contributed by atoms with Gasteiger partial charge in [-0.2, -0.15) is 0 Å². The Morgan fingerprint density at radius 2 is 2.03 bits per heavy atom. The Bertz CT molecular complexity index is 1160. The molecule has 2 aromatic carbocycles. The third-order valence-corrected chi connectivity index (χ3v) is 8.70. The fourth-order valence-corrected chi connectivity index (χ4v) is 6.02. The summed E-state index contributed by atoms with van der Waals surface area (Å²) in [7, 11) is 0. The summed E-state index contributed by atoms with van der Waals surface area (Å²) in [5.74, 6) is 0.425. The molecule has 0 radical (unpaired) electrons. The number of benzene rings is 2. The summed E-state index contributed by atoms with van der Waals surface area (Å²) >= 11 is 15.2. The van der Waals surface area contributed by atoms with Crippen molar-refractivity contribution in [1.82, 2.24) is 15.2 Å². The van der Waals surface area contributed by atoms with Crippen molar-refractivity contribution in [1.29, 1.82) is 0 Å². The van der Waals surface area contributed by atoms with E-state index in [9.17, 15) is 4.79 Å². The first-order valence-electron chi connectivity index (χ1n) is 12.0. The molecule has 6 nitrogen and oxygen atoms in total. The minimum Gasteiger partial charge on any atom is -0.383 e. The van der Waals surface area contributed by atoms with Crippen molar-refractivity contribution in [3.05, 3.63) is 63.5 Å². The van der Waals surface area contributed by atoms with Gasteiger partial charge in [0.25, 0.3) is 0 Å². The molecule has 36 heavy (non-hydrogen) atoms. The van der Waals surface area contributed by atoms with E-state index < -0.39 is 0 Å². The number of anilines is 1. The Balaban J connectivity index is 1.20. The molecule has 10 heteroatoms. The summed E-state index contributed by atoms with van der Waals surface area (Å²) in [6.45, 7) is 5.40. The molecule has 1 saturated heterocycles. The van der Waals surface area contributed by atoms with Crippen molar-refractivity contribution in [3.63, 3.8) is 0 Å². The summed E-state index contributed by atoms with van der Waals surface area (Å²) < 4.78 is 0.894. The second-order valence-corrected chi connectivity index (χ2v) is 12.0. The van der Waals surface area contributed by atoms with Crippen LogP contribution >= 0.6 is 46.3 Å². The van der Waals surface area contributed by atoms with E-state index in [-0.39, 0.29) is 18.0 Å². The number of nitrogens with zero attached hydrogens (tertiary/aromatic N) is 2. The van der Waals surface area contributed by atoms with Crippen LogP contribution in [0.2, 0.25) is 10.0 Å². The second-order valence-electron chi connectivity index (χ2n) is 9.09. The number of nitrogens with two attached hydrogens (primary N) is 1. The number of likely N-dealkylation sites (tertiary alicyclic amines) is 1. The molecule has 0 aliphatic carbocycles. The van der Waals surface area contributed by atoms with E-state index >= 15 is 0 Å². The van der Waals surface area contributed by atoms with Crippen LogP contribution in [0.5, 0.6) is 0 Å². The predicted molar refractivity (Wildman–Crippen MR) is 153 cm³/mol. The number of piperidine rings is 1. The van der Waals surface area contributed by atoms with E-state index in [1.807, 2.05) is 48.7 Å². The van der Waals surface area contributed by atoms with E-state index in [1.165, 1.54) is 11.8 Å². The van der Waals surface area contributed by atoms with Gasteiger partial charge >= 0.3 is 0 Å². The minimum atomic E-state index is 0.0572. The molecule has 0 spiro atoms. The van der Waals surface area contributed by atoms with Crippen molar-refractivity contribution < 1.29 is 4.79 Å². The maximum atomic E-state index is 12.6. The monoisotopic (exact) mass is 563 g/mol. The van der Waals surface area contributed by atoms with Crippen molar-refractivity contribution in [3.8, 4) is 11.3 Å². The molecule has 0 saturated carbocycles. The second kappa shape index (κ2) is 13.1. The van der Waals surface area contributed by atoms with Gasteiger partial charge in [0.1, 0.15) is 0 Å². The van der Waals surface area contributed by atoms with Gasteiger partial charge in [-0.3, -0.25) is 9.69 Å². The van der Waals surface area contributed by atoms with Crippen LogP contribution in [-0.2, 0) is 11.3 Å². The molecule has 1 aromatic heterocycles. The van der Waals surface area contributed by atoms with Crippen molar-refractivity contribution in [2.75, 3.05) is 30.7 Å². The predicted octanol–water partition coefficient (Wildman–Crippen LogP) is 5.75. The molecule has 3 aromatic rings.